The summed E-state index contributed by atoms with van der Waals surface area (Å²) in [6.45, 7) is 4.69. The summed E-state index contributed by atoms with van der Waals surface area (Å²) >= 11 is 1.81. The predicted molar refractivity (Wildman–Crippen MR) is 77.6 cm³/mol. The number of rotatable bonds is 7. The van der Waals surface area contributed by atoms with Gasteiger partial charge in [-0.1, -0.05) is 18.2 Å². The summed E-state index contributed by atoms with van der Waals surface area (Å²) in [7, 11) is 0. The van der Waals surface area contributed by atoms with Crippen molar-refractivity contribution < 1.29 is 4.74 Å². The third-order valence-corrected chi connectivity index (χ3v) is 3.60. The summed E-state index contributed by atoms with van der Waals surface area (Å²) in [5.41, 5.74) is 1.23. The van der Waals surface area contributed by atoms with Gasteiger partial charge in [0.05, 0.1) is 0 Å². The number of aryl methyl sites for hydroxylation is 1. The Morgan fingerprint density at radius 2 is 2.11 bits per heavy atom. The fraction of sp³-hybridized carbons (Fsp3) is 0.333. The summed E-state index contributed by atoms with van der Waals surface area (Å²) in [4.78, 5) is 1.43. The Labute approximate surface area is 113 Å². The van der Waals surface area contributed by atoms with E-state index < -0.39 is 0 Å². The molecule has 1 N–H and O–H groups in total. The molecule has 1 aromatic carbocycles. The SMILES string of the molecule is Cc1cccc(OCCNCCc2cccs2)c1. The second-order valence-electron chi connectivity index (χ2n) is 4.24. The van der Waals surface area contributed by atoms with Gasteiger partial charge in [-0.3, -0.25) is 0 Å². The van der Waals surface area contributed by atoms with E-state index in [-0.39, 0.29) is 0 Å². The van der Waals surface area contributed by atoms with Crippen molar-refractivity contribution >= 4 is 11.3 Å². The molecule has 2 rings (SSSR count). The number of hydrogen-bond acceptors (Lipinski definition) is 3. The lowest BCUT2D eigenvalue weighted by molar-refractivity contribution is 0.314. The van der Waals surface area contributed by atoms with Gasteiger partial charge in [-0.25, -0.2) is 0 Å². The molecule has 2 nitrogen and oxygen atoms in total. The average molecular weight is 261 g/mol. The Morgan fingerprint density at radius 1 is 1.17 bits per heavy atom. The molecule has 1 heterocycles. The van der Waals surface area contributed by atoms with Gasteiger partial charge in [0, 0.05) is 18.0 Å². The van der Waals surface area contributed by atoms with Crippen molar-refractivity contribution in [1.29, 1.82) is 0 Å². The van der Waals surface area contributed by atoms with Crippen LogP contribution in [0.25, 0.3) is 0 Å². The summed E-state index contributed by atoms with van der Waals surface area (Å²) in [5.74, 6) is 0.954. The zero-order chi connectivity index (χ0) is 12.6. The fourth-order valence-electron chi connectivity index (χ4n) is 1.74. The first kappa shape index (κ1) is 13.1. The molecule has 0 atom stereocenters. The summed E-state index contributed by atoms with van der Waals surface area (Å²) in [6.07, 6.45) is 1.10. The fourth-order valence-corrected chi connectivity index (χ4v) is 2.45. The van der Waals surface area contributed by atoms with Crippen LogP contribution in [0.4, 0.5) is 0 Å². The van der Waals surface area contributed by atoms with E-state index in [4.69, 9.17) is 4.74 Å². The van der Waals surface area contributed by atoms with Gasteiger partial charge in [-0.2, -0.15) is 0 Å². The maximum Gasteiger partial charge on any atom is 0.119 e. The van der Waals surface area contributed by atoms with Crippen molar-refractivity contribution in [2.75, 3.05) is 19.7 Å². The molecule has 0 fully saturated rings. The predicted octanol–water partition coefficient (Wildman–Crippen LogP) is 3.27. The van der Waals surface area contributed by atoms with Crippen molar-refractivity contribution in [2.24, 2.45) is 0 Å². The first-order valence-corrected chi connectivity index (χ1v) is 7.15. The molecule has 0 radical (unpaired) electrons. The van der Waals surface area contributed by atoms with Crippen LogP contribution in [0.2, 0.25) is 0 Å². The van der Waals surface area contributed by atoms with Gasteiger partial charge >= 0.3 is 0 Å². The Hall–Kier alpha value is -1.32. The summed E-state index contributed by atoms with van der Waals surface area (Å²) in [5, 5.41) is 5.51. The van der Waals surface area contributed by atoms with E-state index in [9.17, 15) is 0 Å². The number of hydrogen-bond donors (Lipinski definition) is 1. The number of benzene rings is 1. The highest BCUT2D eigenvalue weighted by Gasteiger charge is 1.95. The minimum Gasteiger partial charge on any atom is -0.492 e. The van der Waals surface area contributed by atoms with Gasteiger partial charge in [0.1, 0.15) is 12.4 Å². The monoisotopic (exact) mass is 261 g/mol. The van der Waals surface area contributed by atoms with E-state index in [1.807, 2.05) is 23.5 Å². The minimum absolute atomic E-state index is 0.716. The highest BCUT2D eigenvalue weighted by Crippen LogP contribution is 2.11. The van der Waals surface area contributed by atoms with Gasteiger partial charge in [-0.15, -0.1) is 11.3 Å². The summed E-state index contributed by atoms with van der Waals surface area (Å²) in [6, 6.07) is 12.4. The lowest BCUT2D eigenvalue weighted by atomic mass is 10.2. The van der Waals surface area contributed by atoms with Crippen LogP contribution in [0.15, 0.2) is 41.8 Å². The van der Waals surface area contributed by atoms with Crippen LogP contribution in [0.5, 0.6) is 5.75 Å². The zero-order valence-electron chi connectivity index (χ0n) is 10.7. The second kappa shape index (κ2) is 7.19. The molecule has 0 aliphatic carbocycles. The van der Waals surface area contributed by atoms with Crippen LogP contribution < -0.4 is 10.1 Å². The van der Waals surface area contributed by atoms with Crippen LogP contribution in [0.1, 0.15) is 10.4 Å². The van der Waals surface area contributed by atoms with Gasteiger partial charge in [0.25, 0.3) is 0 Å². The maximum absolute atomic E-state index is 5.66. The molecule has 0 saturated heterocycles. The van der Waals surface area contributed by atoms with E-state index in [2.05, 4.69) is 41.9 Å². The Kier molecular flexibility index (Phi) is 5.24. The molecule has 0 bridgehead atoms. The minimum atomic E-state index is 0.716. The number of ether oxygens (including phenoxy) is 1. The highest BCUT2D eigenvalue weighted by atomic mass is 32.1. The highest BCUT2D eigenvalue weighted by molar-refractivity contribution is 7.09. The Bertz CT molecular complexity index is 453. The average Bonchev–Trinajstić information content (AvgIpc) is 2.87. The standard InChI is InChI=1S/C15H19NOS/c1-13-4-2-5-14(12-13)17-10-9-16-8-7-15-6-3-11-18-15/h2-6,11-12,16H,7-10H2,1H3. The number of nitrogens with one attached hydrogen (secondary N) is 1. The molecule has 0 unspecified atom stereocenters. The molecular weight excluding hydrogens is 242 g/mol. The normalized spacial score (nSPS) is 10.5. The molecule has 0 spiro atoms. The summed E-state index contributed by atoms with van der Waals surface area (Å²) < 4.78 is 5.66. The molecule has 96 valence electrons. The first-order chi connectivity index (χ1) is 8.84. The van der Waals surface area contributed by atoms with Crippen LogP contribution in [0, 0.1) is 6.92 Å². The van der Waals surface area contributed by atoms with E-state index in [1.54, 1.807) is 0 Å². The lowest BCUT2D eigenvalue weighted by Gasteiger charge is -2.07. The third-order valence-electron chi connectivity index (χ3n) is 2.67. The van der Waals surface area contributed by atoms with Crippen molar-refractivity contribution in [3.63, 3.8) is 0 Å². The van der Waals surface area contributed by atoms with Crippen molar-refractivity contribution in [2.45, 2.75) is 13.3 Å². The van der Waals surface area contributed by atoms with Crippen LogP contribution in [-0.2, 0) is 6.42 Å². The van der Waals surface area contributed by atoms with Crippen LogP contribution >= 0.6 is 11.3 Å². The second-order valence-corrected chi connectivity index (χ2v) is 5.28. The molecule has 1 aromatic heterocycles. The van der Waals surface area contributed by atoms with E-state index in [0.717, 1.165) is 25.3 Å². The quantitative estimate of drug-likeness (QED) is 0.772. The zero-order valence-corrected chi connectivity index (χ0v) is 11.5. The van der Waals surface area contributed by atoms with Crippen LogP contribution in [-0.4, -0.2) is 19.7 Å². The maximum atomic E-state index is 5.66. The van der Waals surface area contributed by atoms with E-state index >= 15 is 0 Å². The lowest BCUT2D eigenvalue weighted by Crippen LogP contribution is -2.23. The van der Waals surface area contributed by atoms with Crippen LogP contribution in [0.3, 0.4) is 0 Å². The van der Waals surface area contributed by atoms with E-state index in [1.165, 1.54) is 10.4 Å². The first-order valence-electron chi connectivity index (χ1n) is 6.27. The smallest absolute Gasteiger partial charge is 0.119 e. The molecule has 18 heavy (non-hydrogen) atoms. The van der Waals surface area contributed by atoms with Gasteiger partial charge in [0.2, 0.25) is 0 Å². The van der Waals surface area contributed by atoms with E-state index in [0.29, 0.717) is 6.61 Å². The molecule has 0 aliphatic rings. The largest absolute Gasteiger partial charge is 0.492 e. The van der Waals surface area contributed by atoms with Crippen molar-refractivity contribution in [3.8, 4) is 5.75 Å². The van der Waals surface area contributed by atoms with Crippen molar-refractivity contribution in [1.82, 2.24) is 5.32 Å². The molecule has 0 saturated carbocycles. The van der Waals surface area contributed by atoms with Gasteiger partial charge < -0.3 is 10.1 Å². The topological polar surface area (TPSA) is 21.3 Å². The molecule has 2 aromatic rings. The Balaban J connectivity index is 1.56. The molecular formula is C15H19NOS. The van der Waals surface area contributed by atoms with Crippen molar-refractivity contribution in [3.05, 3.63) is 52.2 Å². The number of thiophene rings is 1. The van der Waals surface area contributed by atoms with Gasteiger partial charge in [-0.05, 0) is 42.5 Å². The molecule has 0 amide bonds. The third kappa shape index (κ3) is 4.51. The van der Waals surface area contributed by atoms with Gasteiger partial charge in [0.15, 0.2) is 0 Å². The Morgan fingerprint density at radius 3 is 2.89 bits per heavy atom. The molecule has 3 heteroatoms. The molecule has 0 aliphatic heterocycles.